The van der Waals surface area contributed by atoms with Crippen LogP contribution in [0.5, 0.6) is 0 Å². The molecule has 0 fully saturated rings. The van der Waals surface area contributed by atoms with Gasteiger partial charge in [0, 0.05) is 12.2 Å². The second-order valence-electron chi connectivity index (χ2n) is 6.41. The molecule has 18 heavy (non-hydrogen) atoms. The molecule has 0 rings (SSSR count). The summed E-state index contributed by atoms with van der Waals surface area (Å²) < 4.78 is 0. The SMILES string of the molecule is C=C(CCCCC(C)C)NCCCCCC(C)C. The van der Waals surface area contributed by atoms with Crippen LogP contribution < -0.4 is 5.32 Å². The van der Waals surface area contributed by atoms with Crippen LogP contribution in [0.3, 0.4) is 0 Å². The minimum absolute atomic E-state index is 0.840. The molecule has 0 spiro atoms. The summed E-state index contributed by atoms with van der Waals surface area (Å²) in [6, 6.07) is 0. The lowest BCUT2D eigenvalue weighted by Crippen LogP contribution is -2.13. The molecule has 1 nitrogen and oxygen atoms in total. The standard InChI is InChI=1S/C17H35N/c1-15(2)11-7-6-10-14-18-17(5)13-9-8-12-16(3)4/h15-16,18H,5-14H2,1-4H3. The highest BCUT2D eigenvalue weighted by Gasteiger charge is 1.98. The van der Waals surface area contributed by atoms with Crippen molar-refractivity contribution < 1.29 is 0 Å². The molecule has 0 bridgehead atoms. The molecule has 0 aromatic rings. The summed E-state index contributed by atoms with van der Waals surface area (Å²) >= 11 is 0. The van der Waals surface area contributed by atoms with E-state index in [9.17, 15) is 0 Å². The minimum atomic E-state index is 0.840. The van der Waals surface area contributed by atoms with Gasteiger partial charge in [-0.1, -0.05) is 66.4 Å². The summed E-state index contributed by atoms with van der Waals surface area (Å²) in [6.45, 7) is 14.4. The van der Waals surface area contributed by atoms with Crippen LogP contribution in [0.1, 0.15) is 79.1 Å². The highest BCUT2D eigenvalue weighted by atomic mass is 14.9. The van der Waals surface area contributed by atoms with E-state index in [1.807, 2.05) is 0 Å². The first-order chi connectivity index (χ1) is 8.52. The summed E-state index contributed by atoms with van der Waals surface area (Å²) in [5.74, 6) is 1.70. The van der Waals surface area contributed by atoms with Gasteiger partial charge in [0.1, 0.15) is 0 Å². The molecule has 108 valence electrons. The molecule has 0 amide bonds. The molecule has 0 radical (unpaired) electrons. The molecule has 1 N–H and O–H groups in total. The molecule has 0 aliphatic rings. The maximum atomic E-state index is 4.11. The van der Waals surface area contributed by atoms with Gasteiger partial charge in [0.05, 0.1) is 0 Å². The number of allylic oxidation sites excluding steroid dienone is 1. The third kappa shape index (κ3) is 13.6. The Hall–Kier alpha value is -0.460. The molecule has 1 heteroatoms. The lowest BCUT2D eigenvalue weighted by Gasteiger charge is -2.10. The van der Waals surface area contributed by atoms with Crippen LogP contribution in [-0.4, -0.2) is 6.54 Å². The van der Waals surface area contributed by atoms with Crippen molar-refractivity contribution in [3.8, 4) is 0 Å². The van der Waals surface area contributed by atoms with E-state index in [2.05, 4.69) is 39.6 Å². The molecule has 0 atom stereocenters. The van der Waals surface area contributed by atoms with E-state index in [-0.39, 0.29) is 0 Å². The van der Waals surface area contributed by atoms with Crippen LogP contribution in [0, 0.1) is 11.8 Å². The van der Waals surface area contributed by atoms with E-state index < -0.39 is 0 Å². The van der Waals surface area contributed by atoms with Crippen molar-refractivity contribution in [1.82, 2.24) is 5.32 Å². The fourth-order valence-corrected chi connectivity index (χ4v) is 2.10. The zero-order valence-corrected chi connectivity index (χ0v) is 13.2. The molecule has 0 aliphatic carbocycles. The first-order valence-corrected chi connectivity index (χ1v) is 7.94. The Morgan fingerprint density at radius 3 is 1.94 bits per heavy atom. The Labute approximate surface area is 115 Å². The lowest BCUT2D eigenvalue weighted by molar-refractivity contribution is 0.516. The second kappa shape index (κ2) is 11.6. The van der Waals surface area contributed by atoms with Crippen molar-refractivity contribution >= 4 is 0 Å². The van der Waals surface area contributed by atoms with Crippen LogP contribution in [0.15, 0.2) is 12.3 Å². The molecule has 0 unspecified atom stereocenters. The Bertz CT molecular complexity index is 194. The van der Waals surface area contributed by atoms with E-state index in [0.29, 0.717) is 0 Å². The van der Waals surface area contributed by atoms with Gasteiger partial charge in [0.2, 0.25) is 0 Å². The van der Waals surface area contributed by atoms with Gasteiger partial charge < -0.3 is 5.32 Å². The zero-order chi connectivity index (χ0) is 13.8. The fraction of sp³-hybridized carbons (Fsp3) is 0.882. The first kappa shape index (κ1) is 17.5. The van der Waals surface area contributed by atoms with Crippen molar-refractivity contribution in [2.75, 3.05) is 6.54 Å². The van der Waals surface area contributed by atoms with E-state index in [4.69, 9.17) is 0 Å². The molecular weight excluding hydrogens is 218 g/mol. The highest BCUT2D eigenvalue weighted by Crippen LogP contribution is 2.11. The third-order valence-electron chi connectivity index (χ3n) is 3.34. The molecule has 0 aromatic heterocycles. The highest BCUT2D eigenvalue weighted by molar-refractivity contribution is 4.90. The van der Waals surface area contributed by atoms with E-state index in [1.165, 1.54) is 50.6 Å². The third-order valence-corrected chi connectivity index (χ3v) is 3.34. The maximum absolute atomic E-state index is 4.11. The summed E-state index contributed by atoms with van der Waals surface area (Å²) in [5, 5.41) is 3.46. The quantitative estimate of drug-likeness (QED) is 0.451. The van der Waals surface area contributed by atoms with Crippen LogP contribution in [0.4, 0.5) is 0 Å². The topological polar surface area (TPSA) is 12.0 Å². The maximum Gasteiger partial charge on any atom is 0.0143 e. The Morgan fingerprint density at radius 2 is 1.39 bits per heavy atom. The molecule has 0 saturated heterocycles. The van der Waals surface area contributed by atoms with Crippen LogP contribution in [-0.2, 0) is 0 Å². The number of nitrogens with one attached hydrogen (secondary N) is 1. The molecule has 0 aromatic carbocycles. The zero-order valence-electron chi connectivity index (χ0n) is 13.2. The van der Waals surface area contributed by atoms with Gasteiger partial charge in [-0.15, -0.1) is 0 Å². The van der Waals surface area contributed by atoms with Crippen molar-refractivity contribution in [2.24, 2.45) is 11.8 Å². The van der Waals surface area contributed by atoms with E-state index >= 15 is 0 Å². The van der Waals surface area contributed by atoms with Gasteiger partial charge in [0.25, 0.3) is 0 Å². The normalized spacial score (nSPS) is 11.2. The van der Waals surface area contributed by atoms with Gasteiger partial charge in [0.15, 0.2) is 0 Å². The average Bonchev–Trinajstić information content (AvgIpc) is 2.28. The Kier molecular flexibility index (Phi) is 11.3. The van der Waals surface area contributed by atoms with Gasteiger partial charge in [-0.25, -0.2) is 0 Å². The van der Waals surface area contributed by atoms with Crippen molar-refractivity contribution in [3.05, 3.63) is 12.3 Å². The number of rotatable bonds is 12. The van der Waals surface area contributed by atoms with Crippen LogP contribution in [0.25, 0.3) is 0 Å². The monoisotopic (exact) mass is 253 g/mol. The molecule has 0 heterocycles. The predicted octanol–water partition coefficient (Wildman–Crippen LogP) is 5.52. The van der Waals surface area contributed by atoms with Crippen LogP contribution in [0.2, 0.25) is 0 Å². The molecule has 0 aliphatic heterocycles. The summed E-state index contributed by atoms with van der Waals surface area (Å²) in [6.07, 6.45) is 10.5. The van der Waals surface area contributed by atoms with Crippen LogP contribution >= 0.6 is 0 Å². The number of hydrogen-bond acceptors (Lipinski definition) is 1. The lowest BCUT2D eigenvalue weighted by atomic mass is 10.0. The number of unbranched alkanes of at least 4 members (excludes halogenated alkanes) is 3. The van der Waals surface area contributed by atoms with E-state index in [1.54, 1.807) is 0 Å². The van der Waals surface area contributed by atoms with Gasteiger partial charge in [-0.3, -0.25) is 0 Å². The van der Waals surface area contributed by atoms with Crippen molar-refractivity contribution in [3.63, 3.8) is 0 Å². The van der Waals surface area contributed by atoms with E-state index in [0.717, 1.165) is 24.8 Å². The van der Waals surface area contributed by atoms with Crippen molar-refractivity contribution in [2.45, 2.75) is 79.1 Å². The summed E-state index contributed by atoms with van der Waals surface area (Å²) in [4.78, 5) is 0. The molecule has 0 saturated carbocycles. The largest absolute Gasteiger partial charge is 0.389 e. The second-order valence-corrected chi connectivity index (χ2v) is 6.41. The van der Waals surface area contributed by atoms with Gasteiger partial charge in [-0.2, -0.15) is 0 Å². The smallest absolute Gasteiger partial charge is 0.0143 e. The first-order valence-electron chi connectivity index (χ1n) is 7.94. The van der Waals surface area contributed by atoms with Gasteiger partial charge >= 0.3 is 0 Å². The van der Waals surface area contributed by atoms with Crippen molar-refractivity contribution in [1.29, 1.82) is 0 Å². The Balaban J connectivity index is 3.22. The minimum Gasteiger partial charge on any atom is -0.389 e. The average molecular weight is 253 g/mol. The predicted molar refractivity (Wildman–Crippen MR) is 83.8 cm³/mol. The Morgan fingerprint density at radius 1 is 0.833 bits per heavy atom. The van der Waals surface area contributed by atoms with Gasteiger partial charge in [-0.05, 0) is 31.1 Å². The fourth-order valence-electron chi connectivity index (χ4n) is 2.10. The molecular formula is C17H35N. The summed E-state index contributed by atoms with van der Waals surface area (Å²) in [5.41, 5.74) is 1.24. The number of hydrogen-bond donors (Lipinski definition) is 1. The summed E-state index contributed by atoms with van der Waals surface area (Å²) in [7, 11) is 0.